The summed E-state index contributed by atoms with van der Waals surface area (Å²) >= 11 is 0. The third kappa shape index (κ3) is 5.45. The summed E-state index contributed by atoms with van der Waals surface area (Å²) in [5.74, 6) is 2.04. The Balaban J connectivity index is 1.39. The Labute approximate surface area is 181 Å². The van der Waals surface area contributed by atoms with Crippen LogP contribution in [0.5, 0.6) is 11.6 Å². The highest BCUT2D eigenvalue weighted by Crippen LogP contribution is 2.27. The molecule has 1 unspecified atom stereocenters. The minimum atomic E-state index is -0.146. The summed E-state index contributed by atoms with van der Waals surface area (Å²) < 4.78 is 5.88. The summed E-state index contributed by atoms with van der Waals surface area (Å²) in [5, 5.41) is 10.5. The lowest BCUT2D eigenvalue weighted by atomic mass is 9.91. The quantitative estimate of drug-likeness (QED) is 0.653. The van der Waals surface area contributed by atoms with Crippen LogP contribution in [0, 0.1) is 12.8 Å². The molecule has 1 aromatic carbocycles. The van der Waals surface area contributed by atoms with Gasteiger partial charge in [0.25, 0.3) is 0 Å². The number of pyridine rings is 1. The van der Waals surface area contributed by atoms with Crippen LogP contribution < -0.4 is 10.1 Å². The largest absolute Gasteiger partial charge is 0.439 e. The standard InChI is InChI=1S/C24H25N5O2/c1-17-8-9-23(25-15-17)31-21-6-3-5-19(14-21)13-20-10-12-29(16-18(20)2)24(30)27-22-7-4-11-26-28-22/h3-9,11,13-15,18H,10,12,16H2,1-2H3,(H,27,28,30)/b20-13+. The normalized spacial score (nSPS) is 17.4. The molecule has 1 aliphatic heterocycles. The number of carbonyl (C=O) groups excluding carboxylic acids is 1. The highest BCUT2D eigenvalue weighted by Gasteiger charge is 2.24. The minimum absolute atomic E-state index is 0.146. The molecular weight excluding hydrogens is 390 g/mol. The number of benzene rings is 1. The van der Waals surface area contributed by atoms with Gasteiger partial charge >= 0.3 is 6.03 Å². The molecule has 2 aromatic heterocycles. The van der Waals surface area contributed by atoms with Crippen LogP contribution in [0.15, 0.2) is 66.5 Å². The Kier molecular flexibility index (Phi) is 6.21. The van der Waals surface area contributed by atoms with Crippen molar-refractivity contribution >= 4 is 17.9 Å². The van der Waals surface area contributed by atoms with E-state index >= 15 is 0 Å². The summed E-state index contributed by atoms with van der Waals surface area (Å²) in [7, 11) is 0. The number of likely N-dealkylation sites (tertiary alicyclic amines) is 1. The van der Waals surface area contributed by atoms with Crippen molar-refractivity contribution in [3.63, 3.8) is 0 Å². The van der Waals surface area contributed by atoms with Crippen molar-refractivity contribution in [3.05, 3.63) is 77.6 Å². The molecule has 31 heavy (non-hydrogen) atoms. The van der Waals surface area contributed by atoms with Gasteiger partial charge in [0.15, 0.2) is 5.82 Å². The van der Waals surface area contributed by atoms with Gasteiger partial charge in [-0.05, 0) is 54.7 Å². The fraction of sp³-hybridized carbons (Fsp3) is 0.250. The van der Waals surface area contributed by atoms with Gasteiger partial charge < -0.3 is 9.64 Å². The molecule has 1 atom stereocenters. The van der Waals surface area contributed by atoms with E-state index in [1.165, 1.54) is 5.57 Å². The Hall–Kier alpha value is -3.74. The first-order chi connectivity index (χ1) is 15.1. The van der Waals surface area contributed by atoms with Crippen LogP contribution in [0.4, 0.5) is 10.6 Å². The first-order valence-electron chi connectivity index (χ1n) is 10.3. The van der Waals surface area contributed by atoms with Crippen LogP contribution in [0.25, 0.3) is 6.08 Å². The number of carbonyl (C=O) groups is 1. The summed E-state index contributed by atoms with van der Waals surface area (Å²) in [5.41, 5.74) is 3.48. The lowest BCUT2D eigenvalue weighted by molar-refractivity contribution is 0.197. The molecule has 7 nitrogen and oxygen atoms in total. The molecule has 4 rings (SSSR count). The number of urea groups is 1. The Morgan fingerprint density at radius 3 is 2.87 bits per heavy atom. The predicted molar refractivity (Wildman–Crippen MR) is 120 cm³/mol. The topological polar surface area (TPSA) is 80.2 Å². The number of aryl methyl sites for hydroxylation is 1. The third-order valence-corrected chi connectivity index (χ3v) is 5.21. The highest BCUT2D eigenvalue weighted by molar-refractivity contribution is 5.88. The van der Waals surface area contributed by atoms with E-state index < -0.39 is 0 Å². The number of amides is 2. The number of rotatable bonds is 4. The van der Waals surface area contributed by atoms with Gasteiger partial charge in [-0.15, -0.1) is 5.10 Å². The lowest BCUT2D eigenvalue weighted by Gasteiger charge is -2.33. The van der Waals surface area contributed by atoms with E-state index in [2.05, 4.69) is 39.6 Å². The van der Waals surface area contributed by atoms with Gasteiger partial charge in [-0.3, -0.25) is 5.32 Å². The average Bonchev–Trinajstić information content (AvgIpc) is 2.78. The molecule has 3 heterocycles. The SMILES string of the molecule is Cc1ccc(Oc2cccc(/C=C3\CCN(C(=O)Nc4cccnn4)CC3C)c2)nc1. The van der Waals surface area contributed by atoms with Crippen molar-refractivity contribution in [1.82, 2.24) is 20.1 Å². The van der Waals surface area contributed by atoms with Crippen molar-refractivity contribution in [1.29, 1.82) is 0 Å². The second-order valence-corrected chi connectivity index (χ2v) is 7.70. The van der Waals surface area contributed by atoms with E-state index in [1.807, 2.05) is 42.2 Å². The van der Waals surface area contributed by atoms with Gasteiger partial charge in [0.05, 0.1) is 0 Å². The van der Waals surface area contributed by atoms with Crippen LogP contribution in [0.1, 0.15) is 24.5 Å². The molecule has 3 aromatic rings. The van der Waals surface area contributed by atoms with Gasteiger partial charge in [-0.2, -0.15) is 5.10 Å². The molecule has 1 N–H and O–H groups in total. The van der Waals surface area contributed by atoms with Gasteiger partial charge in [-0.25, -0.2) is 9.78 Å². The van der Waals surface area contributed by atoms with Gasteiger partial charge in [-0.1, -0.05) is 36.8 Å². The zero-order valence-corrected chi connectivity index (χ0v) is 17.7. The maximum Gasteiger partial charge on any atom is 0.323 e. The van der Waals surface area contributed by atoms with E-state index in [4.69, 9.17) is 4.74 Å². The molecule has 1 saturated heterocycles. The maximum atomic E-state index is 12.5. The maximum absolute atomic E-state index is 12.5. The van der Waals surface area contributed by atoms with E-state index in [0.717, 1.165) is 23.3 Å². The summed E-state index contributed by atoms with van der Waals surface area (Å²) in [6.07, 6.45) is 6.38. The van der Waals surface area contributed by atoms with Crippen LogP contribution in [-0.2, 0) is 0 Å². The number of piperidine rings is 1. The first kappa shape index (κ1) is 20.5. The summed E-state index contributed by atoms with van der Waals surface area (Å²) in [4.78, 5) is 18.6. The van der Waals surface area contributed by atoms with E-state index in [9.17, 15) is 4.79 Å². The van der Waals surface area contributed by atoms with E-state index in [-0.39, 0.29) is 11.9 Å². The van der Waals surface area contributed by atoms with E-state index in [0.29, 0.717) is 24.8 Å². The molecule has 2 amide bonds. The zero-order chi connectivity index (χ0) is 21.6. The molecule has 0 radical (unpaired) electrons. The average molecular weight is 415 g/mol. The number of hydrogen-bond acceptors (Lipinski definition) is 5. The molecular formula is C24H25N5O2. The van der Waals surface area contributed by atoms with Crippen LogP contribution in [0.3, 0.4) is 0 Å². The van der Waals surface area contributed by atoms with Gasteiger partial charge in [0.2, 0.25) is 5.88 Å². The second-order valence-electron chi connectivity index (χ2n) is 7.70. The zero-order valence-electron chi connectivity index (χ0n) is 17.7. The molecule has 1 aliphatic rings. The smallest absolute Gasteiger partial charge is 0.323 e. The van der Waals surface area contributed by atoms with Crippen molar-refractivity contribution in [2.75, 3.05) is 18.4 Å². The predicted octanol–water partition coefficient (Wildman–Crippen LogP) is 4.93. The Bertz CT molecular complexity index is 1070. The molecule has 0 aliphatic carbocycles. The number of ether oxygens (including phenoxy) is 1. The summed E-state index contributed by atoms with van der Waals surface area (Å²) in [6, 6.07) is 15.1. The molecule has 7 heteroatoms. The molecule has 158 valence electrons. The molecule has 1 fully saturated rings. The van der Waals surface area contributed by atoms with Crippen LogP contribution in [0.2, 0.25) is 0 Å². The summed E-state index contributed by atoms with van der Waals surface area (Å²) in [6.45, 7) is 5.45. The van der Waals surface area contributed by atoms with Crippen molar-refractivity contribution in [2.24, 2.45) is 5.92 Å². The fourth-order valence-corrected chi connectivity index (χ4v) is 3.52. The molecule has 0 bridgehead atoms. The number of anilines is 1. The second kappa shape index (κ2) is 9.38. The highest BCUT2D eigenvalue weighted by atomic mass is 16.5. The van der Waals surface area contributed by atoms with Crippen LogP contribution in [-0.4, -0.2) is 39.2 Å². The van der Waals surface area contributed by atoms with Crippen LogP contribution >= 0.6 is 0 Å². The Morgan fingerprint density at radius 2 is 2.13 bits per heavy atom. The van der Waals surface area contributed by atoms with Gasteiger partial charge in [0, 0.05) is 31.5 Å². The minimum Gasteiger partial charge on any atom is -0.439 e. The van der Waals surface area contributed by atoms with Crippen molar-refractivity contribution in [2.45, 2.75) is 20.3 Å². The monoisotopic (exact) mass is 415 g/mol. The number of nitrogens with zero attached hydrogens (tertiary/aromatic N) is 4. The van der Waals surface area contributed by atoms with Crippen molar-refractivity contribution in [3.8, 4) is 11.6 Å². The van der Waals surface area contributed by atoms with Crippen molar-refractivity contribution < 1.29 is 9.53 Å². The number of hydrogen-bond donors (Lipinski definition) is 1. The fourth-order valence-electron chi connectivity index (χ4n) is 3.52. The number of aromatic nitrogens is 3. The Morgan fingerprint density at radius 1 is 1.23 bits per heavy atom. The lowest BCUT2D eigenvalue weighted by Crippen LogP contribution is -2.42. The third-order valence-electron chi connectivity index (χ3n) is 5.21. The number of nitrogens with one attached hydrogen (secondary N) is 1. The molecule has 0 saturated carbocycles. The van der Waals surface area contributed by atoms with Gasteiger partial charge in [0.1, 0.15) is 5.75 Å². The molecule has 0 spiro atoms. The van der Waals surface area contributed by atoms with E-state index in [1.54, 1.807) is 24.5 Å². The first-order valence-corrected chi connectivity index (χ1v) is 10.3.